The first-order chi connectivity index (χ1) is 10.5. The van der Waals surface area contributed by atoms with Gasteiger partial charge in [0.15, 0.2) is 0 Å². The highest BCUT2D eigenvalue weighted by atomic mass is 35.5. The number of nitrogens with zero attached hydrogens (tertiary/aromatic N) is 1. The number of methoxy groups -OCH3 is 1. The number of rotatable bonds is 5. The van der Waals surface area contributed by atoms with Crippen molar-refractivity contribution < 1.29 is 17.9 Å². The van der Waals surface area contributed by atoms with Crippen LogP contribution < -0.4 is 5.73 Å². The molecule has 1 aromatic rings. The number of hydrogen-bond donors (Lipinski definition) is 1. The Bertz CT molecular complexity index is 634. The van der Waals surface area contributed by atoms with Crippen LogP contribution in [-0.2, 0) is 14.8 Å². The number of piperidine rings is 1. The molecule has 0 aromatic heterocycles. The summed E-state index contributed by atoms with van der Waals surface area (Å²) in [6, 6.07) is 6.16. The second-order valence-electron chi connectivity index (χ2n) is 5.44. The van der Waals surface area contributed by atoms with Crippen LogP contribution in [0.15, 0.2) is 29.2 Å². The number of nitrogens with two attached hydrogens (primary N) is 1. The normalized spacial score (nSPS) is 19.0. The van der Waals surface area contributed by atoms with Gasteiger partial charge in [0.2, 0.25) is 10.0 Å². The number of ether oxygens (including phenoxy) is 1. The molecule has 1 heterocycles. The molecule has 1 aliphatic heterocycles. The van der Waals surface area contributed by atoms with Crippen molar-refractivity contribution in [2.75, 3.05) is 26.7 Å². The van der Waals surface area contributed by atoms with Crippen molar-refractivity contribution in [3.63, 3.8) is 0 Å². The number of benzene rings is 1. The van der Waals surface area contributed by atoms with Gasteiger partial charge in [-0.15, -0.1) is 12.4 Å². The van der Waals surface area contributed by atoms with E-state index in [0.29, 0.717) is 19.6 Å². The van der Waals surface area contributed by atoms with Crippen LogP contribution in [0.1, 0.15) is 29.6 Å². The molecule has 23 heavy (non-hydrogen) atoms. The monoisotopic (exact) mass is 362 g/mol. The maximum absolute atomic E-state index is 12.9. The molecule has 0 saturated carbocycles. The number of carbonyl (C=O) groups is 1. The molecule has 6 nitrogen and oxygen atoms in total. The van der Waals surface area contributed by atoms with Crippen LogP contribution in [0.2, 0.25) is 0 Å². The van der Waals surface area contributed by atoms with Gasteiger partial charge in [-0.1, -0.05) is 12.1 Å². The number of halogens is 1. The van der Waals surface area contributed by atoms with Crippen molar-refractivity contribution in [3.8, 4) is 0 Å². The van der Waals surface area contributed by atoms with E-state index in [-0.39, 0.29) is 28.8 Å². The molecule has 2 rings (SSSR count). The minimum atomic E-state index is -3.71. The van der Waals surface area contributed by atoms with Crippen molar-refractivity contribution in [2.45, 2.75) is 24.2 Å². The number of carbonyl (C=O) groups excluding carboxylic acids is 1. The average Bonchev–Trinajstić information content (AvgIpc) is 2.54. The molecular formula is C15H23ClN2O4S. The van der Waals surface area contributed by atoms with Gasteiger partial charge in [0.1, 0.15) is 0 Å². The fourth-order valence-corrected chi connectivity index (χ4v) is 4.56. The first-order valence-corrected chi connectivity index (χ1v) is 8.82. The van der Waals surface area contributed by atoms with E-state index >= 15 is 0 Å². The topological polar surface area (TPSA) is 89.7 Å². The van der Waals surface area contributed by atoms with E-state index < -0.39 is 16.0 Å². The lowest BCUT2D eigenvalue weighted by Gasteiger charge is -2.32. The third-order valence-corrected chi connectivity index (χ3v) is 5.89. The van der Waals surface area contributed by atoms with Gasteiger partial charge in [-0.3, -0.25) is 0 Å². The van der Waals surface area contributed by atoms with Gasteiger partial charge in [0, 0.05) is 13.1 Å². The Balaban J connectivity index is 0.00000264. The van der Waals surface area contributed by atoms with Gasteiger partial charge in [0.25, 0.3) is 0 Å². The van der Waals surface area contributed by atoms with E-state index in [1.54, 1.807) is 12.1 Å². The van der Waals surface area contributed by atoms with Gasteiger partial charge < -0.3 is 10.5 Å². The van der Waals surface area contributed by atoms with Crippen molar-refractivity contribution in [3.05, 3.63) is 29.8 Å². The van der Waals surface area contributed by atoms with Crippen LogP contribution in [0.4, 0.5) is 0 Å². The summed E-state index contributed by atoms with van der Waals surface area (Å²) in [5, 5.41) is 0. The molecular weight excluding hydrogens is 340 g/mol. The van der Waals surface area contributed by atoms with Crippen LogP contribution in [0, 0.1) is 5.92 Å². The SMILES string of the molecule is COC(=O)c1ccccc1S(=O)(=O)N1CCCC(CCN)C1.Cl. The first kappa shape index (κ1) is 19.9. The molecule has 0 radical (unpaired) electrons. The van der Waals surface area contributed by atoms with E-state index in [4.69, 9.17) is 5.73 Å². The minimum absolute atomic E-state index is 0. The molecule has 0 amide bonds. The summed E-state index contributed by atoms with van der Waals surface area (Å²) in [5.74, 6) is -0.367. The Morgan fingerprint density at radius 1 is 1.39 bits per heavy atom. The molecule has 1 unspecified atom stereocenters. The van der Waals surface area contributed by atoms with Crippen LogP contribution >= 0.6 is 12.4 Å². The Labute approximate surface area is 143 Å². The highest BCUT2D eigenvalue weighted by Gasteiger charge is 2.32. The Kier molecular flexibility index (Phi) is 7.47. The first-order valence-electron chi connectivity index (χ1n) is 7.38. The highest BCUT2D eigenvalue weighted by Crippen LogP contribution is 2.27. The summed E-state index contributed by atoms with van der Waals surface area (Å²) in [6.45, 7) is 1.48. The van der Waals surface area contributed by atoms with Crippen molar-refractivity contribution in [2.24, 2.45) is 11.7 Å². The summed E-state index contributed by atoms with van der Waals surface area (Å²) >= 11 is 0. The second-order valence-corrected chi connectivity index (χ2v) is 7.34. The summed E-state index contributed by atoms with van der Waals surface area (Å²) in [5.41, 5.74) is 5.65. The summed E-state index contributed by atoms with van der Waals surface area (Å²) in [4.78, 5) is 11.8. The van der Waals surface area contributed by atoms with Gasteiger partial charge >= 0.3 is 5.97 Å². The Morgan fingerprint density at radius 2 is 2.09 bits per heavy atom. The standard InChI is InChI=1S/C15H22N2O4S.ClH/c1-21-15(18)13-6-2-3-7-14(13)22(19,20)17-10-4-5-12(11-17)8-9-16;/h2-3,6-7,12H,4-5,8-11,16H2,1H3;1H. The summed E-state index contributed by atoms with van der Waals surface area (Å²) in [7, 11) is -2.47. The van der Waals surface area contributed by atoms with Crippen LogP contribution in [0.5, 0.6) is 0 Å². The molecule has 1 saturated heterocycles. The van der Waals surface area contributed by atoms with Crippen molar-refractivity contribution >= 4 is 28.4 Å². The molecule has 2 N–H and O–H groups in total. The molecule has 1 aromatic carbocycles. The van der Waals surface area contributed by atoms with E-state index in [1.165, 1.54) is 23.5 Å². The number of esters is 1. The van der Waals surface area contributed by atoms with Gasteiger partial charge in [0.05, 0.1) is 17.6 Å². The molecule has 1 atom stereocenters. The maximum atomic E-state index is 12.9. The Morgan fingerprint density at radius 3 is 2.74 bits per heavy atom. The summed E-state index contributed by atoms with van der Waals surface area (Å²) in [6.07, 6.45) is 2.61. The lowest BCUT2D eigenvalue weighted by Crippen LogP contribution is -2.40. The van der Waals surface area contributed by atoms with E-state index in [1.807, 2.05) is 0 Å². The Hall–Kier alpha value is -1.15. The van der Waals surface area contributed by atoms with E-state index in [9.17, 15) is 13.2 Å². The molecule has 0 spiro atoms. The smallest absolute Gasteiger partial charge is 0.339 e. The second kappa shape index (κ2) is 8.63. The predicted molar refractivity (Wildman–Crippen MR) is 90.2 cm³/mol. The average molecular weight is 363 g/mol. The third-order valence-electron chi connectivity index (χ3n) is 3.97. The number of sulfonamides is 1. The van der Waals surface area contributed by atoms with Crippen LogP contribution in [0.25, 0.3) is 0 Å². The molecule has 8 heteroatoms. The fraction of sp³-hybridized carbons (Fsp3) is 0.533. The van der Waals surface area contributed by atoms with Crippen molar-refractivity contribution in [1.29, 1.82) is 0 Å². The van der Waals surface area contributed by atoms with E-state index in [2.05, 4.69) is 4.74 Å². The zero-order valence-corrected chi connectivity index (χ0v) is 14.7. The van der Waals surface area contributed by atoms with Crippen molar-refractivity contribution in [1.82, 2.24) is 4.31 Å². The zero-order chi connectivity index (χ0) is 16.2. The highest BCUT2D eigenvalue weighted by molar-refractivity contribution is 7.89. The van der Waals surface area contributed by atoms with Gasteiger partial charge in [-0.05, 0) is 43.9 Å². The molecule has 1 aliphatic rings. The molecule has 1 fully saturated rings. The lowest BCUT2D eigenvalue weighted by atomic mass is 9.96. The fourth-order valence-electron chi connectivity index (χ4n) is 2.83. The number of hydrogen-bond acceptors (Lipinski definition) is 5. The maximum Gasteiger partial charge on any atom is 0.339 e. The largest absolute Gasteiger partial charge is 0.465 e. The minimum Gasteiger partial charge on any atom is -0.465 e. The van der Waals surface area contributed by atoms with Gasteiger partial charge in [-0.25, -0.2) is 13.2 Å². The molecule has 130 valence electrons. The quantitative estimate of drug-likeness (QED) is 0.804. The van der Waals surface area contributed by atoms with Gasteiger partial charge in [-0.2, -0.15) is 4.31 Å². The zero-order valence-electron chi connectivity index (χ0n) is 13.1. The predicted octanol–water partition coefficient (Wildman–Crippen LogP) is 1.64. The molecule has 0 bridgehead atoms. The third kappa shape index (κ3) is 4.44. The van der Waals surface area contributed by atoms with E-state index in [0.717, 1.165) is 19.3 Å². The molecule has 0 aliphatic carbocycles. The van der Waals surface area contributed by atoms with Crippen LogP contribution in [-0.4, -0.2) is 45.4 Å². The lowest BCUT2D eigenvalue weighted by molar-refractivity contribution is 0.0596. The van der Waals surface area contributed by atoms with Crippen LogP contribution in [0.3, 0.4) is 0 Å². The summed E-state index contributed by atoms with van der Waals surface area (Å²) < 4.78 is 31.9.